The van der Waals surface area contributed by atoms with Crippen LogP contribution >= 0.6 is 45.9 Å². The van der Waals surface area contributed by atoms with Gasteiger partial charge in [0.25, 0.3) is 0 Å². The minimum absolute atomic E-state index is 0.0369. The van der Waals surface area contributed by atoms with Crippen molar-refractivity contribution in [1.82, 2.24) is 9.55 Å². The summed E-state index contributed by atoms with van der Waals surface area (Å²) < 4.78 is 1.42. The summed E-state index contributed by atoms with van der Waals surface area (Å²) in [6.07, 6.45) is 0. The molecule has 1 aromatic carbocycles. The molecule has 1 N–H and O–H groups in total. The van der Waals surface area contributed by atoms with Gasteiger partial charge in [-0.05, 0) is 25.1 Å². The van der Waals surface area contributed by atoms with Crippen molar-refractivity contribution >= 4 is 56.9 Å². The van der Waals surface area contributed by atoms with Gasteiger partial charge in [0, 0.05) is 27.0 Å². The Morgan fingerprint density at radius 3 is 2.75 bits per heavy atom. The number of rotatable bonds is 4. The van der Waals surface area contributed by atoms with Crippen molar-refractivity contribution in [2.45, 2.75) is 13.5 Å². The summed E-state index contributed by atoms with van der Waals surface area (Å²) in [4.78, 5) is 27.9. The second kappa shape index (κ2) is 7.06. The fourth-order valence-electron chi connectivity index (χ4n) is 2.05. The van der Waals surface area contributed by atoms with Gasteiger partial charge in [-0.1, -0.05) is 34.5 Å². The summed E-state index contributed by atoms with van der Waals surface area (Å²) in [5.74, 6) is -0.304. The molecule has 124 valence electrons. The number of nitrogens with one attached hydrogen (secondary N) is 1. The molecule has 0 saturated heterocycles. The number of aryl methyl sites for hydroxylation is 1. The number of aromatic nitrogens is 2. The van der Waals surface area contributed by atoms with Crippen LogP contribution in [-0.2, 0) is 11.3 Å². The first-order valence-electron chi connectivity index (χ1n) is 6.80. The summed E-state index contributed by atoms with van der Waals surface area (Å²) in [7, 11) is 0. The molecule has 0 atom stereocenters. The second-order valence-electron chi connectivity index (χ2n) is 4.94. The van der Waals surface area contributed by atoms with Crippen molar-refractivity contribution in [3.63, 3.8) is 0 Å². The van der Waals surface area contributed by atoms with E-state index in [1.54, 1.807) is 35.9 Å². The average molecular weight is 400 g/mol. The molecule has 0 saturated carbocycles. The Morgan fingerprint density at radius 1 is 1.29 bits per heavy atom. The van der Waals surface area contributed by atoms with Gasteiger partial charge in [-0.3, -0.25) is 14.2 Å². The van der Waals surface area contributed by atoms with Crippen molar-refractivity contribution in [1.29, 1.82) is 0 Å². The lowest BCUT2D eigenvalue weighted by Crippen LogP contribution is -2.25. The van der Waals surface area contributed by atoms with Crippen LogP contribution in [0.1, 0.15) is 5.69 Å². The number of hydrogen-bond donors (Lipinski definition) is 1. The summed E-state index contributed by atoms with van der Waals surface area (Å²) in [5, 5.41) is 7.70. The lowest BCUT2D eigenvalue weighted by Gasteiger charge is -2.04. The first-order valence-corrected chi connectivity index (χ1v) is 9.31. The molecule has 0 aliphatic heterocycles. The van der Waals surface area contributed by atoms with Crippen LogP contribution in [0.25, 0.3) is 11.3 Å². The van der Waals surface area contributed by atoms with E-state index >= 15 is 0 Å². The normalized spacial score (nSPS) is 10.8. The maximum Gasteiger partial charge on any atom is 0.307 e. The van der Waals surface area contributed by atoms with E-state index < -0.39 is 0 Å². The SMILES string of the molecule is Cc1csc(=O)n1CC(=O)Nc1nc(-c2ccc(Cl)cc2Cl)cs1. The predicted molar refractivity (Wildman–Crippen MR) is 99.5 cm³/mol. The largest absolute Gasteiger partial charge is 0.307 e. The van der Waals surface area contributed by atoms with Gasteiger partial charge in [0.1, 0.15) is 6.54 Å². The van der Waals surface area contributed by atoms with Gasteiger partial charge in [0.05, 0.1) is 10.7 Å². The highest BCUT2D eigenvalue weighted by atomic mass is 35.5. The summed E-state index contributed by atoms with van der Waals surface area (Å²) in [6, 6.07) is 5.15. The number of hydrogen-bond acceptors (Lipinski definition) is 5. The van der Waals surface area contributed by atoms with E-state index in [1.165, 1.54) is 15.9 Å². The Labute approximate surface area is 155 Å². The summed E-state index contributed by atoms with van der Waals surface area (Å²) in [6.45, 7) is 1.75. The first-order chi connectivity index (χ1) is 11.4. The Hall–Kier alpha value is -1.67. The van der Waals surface area contributed by atoms with Crippen molar-refractivity contribution in [2.24, 2.45) is 0 Å². The van der Waals surface area contributed by atoms with E-state index in [0.717, 1.165) is 22.6 Å². The topological polar surface area (TPSA) is 64.0 Å². The second-order valence-corrected chi connectivity index (χ2v) is 7.46. The quantitative estimate of drug-likeness (QED) is 0.711. The predicted octanol–water partition coefficient (Wildman–Crippen LogP) is 4.29. The maximum atomic E-state index is 12.1. The number of amides is 1. The minimum Gasteiger partial charge on any atom is -0.300 e. The average Bonchev–Trinajstić information content (AvgIpc) is 3.09. The van der Waals surface area contributed by atoms with Crippen LogP contribution < -0.4 is 10.2 Å². The molecule has 3 rings (SSSR count). The lowest BCUT2D eigenvalue weighted by atomic mass is 10.2. The van der Waals surface area contributed by atoms with E-state index in [2.05, 4.69) is 10.3 Å². The van der Waals surface area contributed by atoms with Gasteiger partial charge in [-0.25, -0.2) is 4.98 Å². The molecule has 0 radical (unpaired) electrons. The molecule has 0 aliphatic carbocycles. The molecule has 1 amide bonds. The minimum atomic E-state index is -0.304. The number of thiazole rings is 2. The fraction of sp³-hybridized carbons (Fsp3) is 0.133. The van der Waals surface area contributed by atoms with Crippen LogP contribution in [0.2, 0.25) is 10.0 Å². The van der Waals surface area contributed by atoms with Crippen molar-refractivity contribution in [3.8, 4) is 11.3 Å². The van der Waals surface area contributed by atoms with Gasteiger partial charge in [0.2, 0.25) is 5.91 Å². The number of anilines is 1. The number of nitrogens with zero attached hydrogens (tertiary/aromatic N) is 2. The van der Waals surface area contributed by atoms with E-state index in [4.69, 9.17) is 23.2 Å². The first kappa shape index (κ1) is 17.2. The number of carbonyl (C=O) groups excluding carboxylic acids is 1. The van der Waals surface area contributed by atoms with Crippen molar-refractivity contribution in [3.05, 3.63) is 54.4 Å². The van der Waals surface area contributed by atoms with E-state index in [0.29, 0.717) is 20.9 Å². The number of carbonyl (C=O) groups is 1. The third kappa shape index (κ3) is 3.70. The fourth-order valence-corrected chi connectivity index (χ4v) is 4.02. The van der Waals surface area contributed by atoms with Crippen LogP contribution in [0, 0.1) is 6.92 Å². The standard InChI is InChI=1S/C15H11Cl2N3O2S2/c1-8-6-24-15(22)20(8)5-13(21)19-14-18-12(7-23-14)10-3-2-9(16)4-11(10)17/h2-4,6-7H,5H2,1H3,(H,18,19,21). The number of halogens is 2. The maximum absolute atomic E-state index is 12.1. The molecule has 0 fully saturated rings. The zero-order valence-electron chi connectivity index (χ0n) is 12.4. The molecule has 24 heavy (non-hydrogen) atoms. The Morgan fingerprint density at radius 2 is 2.08 bits per heavy atom. The Kier molecular flexibility index (Phi) is 5.05. The van der Waals surface area contributed by atoms with Crippen molar-refractivity contribution < 1.29 is 4.79 Å². The molecule has 9 heteroatoms. The molecule has 0 aliphatic rings. The third-order valence-corrected chi connectivity index (χ3v) is 5.42. The molecule has 5 nitrogen and oxygen atoms in total. The van der Waals surface area contributed by atoms with E-state index in [1.807, 2.05) is 0 Å². The summed E-state index contributed by atoms with van der Waals surface area (Å²) >= 11 is 14.4. The zero-order chi connectivity index (χ0) is 17.3. The van der Waals surface area contributed by atoms with Gasteiger partial charge < -0.3 is 5.32 Å². The summed E-state index contributed by atoms with van der Waals surface area (Å²) in [5.41, 5.74) is 2.15. The van der Waals surface area contributed by atoms with Gasteiger partial charge >= 0.3 is 4.87 Å². The van der Waals surface area contributed by atoms with Crippen LogP contribution in [0.4, 0.5) is 5.13 Å². The zero-order valence-corrected chi connectivity index (χ0v) is 15.5. The van der Waals surface area contributed by atoms with E-state index in [-0.39, 0.29) is 17.3 Å². The highest BCUT2D eigenvalue weighted by molar-refractivity contribution is 7.14. The molecular weight excluding hydrogens is 389 g/mol. The van der Waals surface area contributed by atoms with Gasteiger partial charge in [0.15, 0.2) is 5.13 Å². The molecule has 0 bridgehead atoms. The van der Waals surface area contributed by atoms with Gasteiger partial charge in [-0.15, -0.1) is 11.3 Å². The molecule has 2 heterocycles. The van der Waals surface area contributed by atoms with Crippen LogP contribution in [0.5, 0.6) is 0 Å². The monoisotopic (exact) mass is 399 g/mol. The molecule has 0 unspecified atom stereocenters. The highest BCUT2D eigenvalue weighted by Crippen LogP contribution is 2.32. The van der Waals surface area contributed by atoms with Crippen LogP contribution in [0.15, 0.2) is 33.8 Å². The van der Waals surface area contributed by atoms with Crippen LogP contribution in [-0.4, -0.2) is 15.5 Å². The Bertz CT molecular complexity index is 962. The third-order valence-electron chi connectivity index (χ3n) is 3.24. The van der Waals surface area contributed by atoms with E-state index in [9.17, 15) is 9.59 Å². The number of benzene rings is 1. The van der Waals surface area contributed by atoms with Crippen LogP contribution in [0.3, 0.4) is 0 Å². The molecule has 3 aromatic rings. The molecular formula is C15H11Cl2N3O2S2. The molecule has 0 spiro atoms. The highest BCUT2D eigenvalue weighted by Gasteiger charge is 2.13. The smallest absolute Gasteiger partial charge is 0.300 e. The van der Waals surface area contributed by atoms with Crippen molar-refractivity contribution in [2.75, 3.05) is 5.32 Å². The Balaban J connectivity index is 1.74. The molecule has 2 aromatic heterocycles. The lowest BCUT2D eigenvalue weighted by molar-refractivity contribution is -0.116. The van der Waals surface area contributed by atoms with Gasteiger partial charge in [-0.2, -0.15) is 0 Å².